The molecule has 150 valence electrons. The Labute approximate surface area is 167 Å². The highest BCUT2D eigenvalue weighted by Gasteiger charge is 2.21. The van der Waals surface area contributed by atoms with Crippen molar-refractivity contribution in [2.24, 2.45) is 0 Å². The number of anilines is 2. The van der Waals surface area contributed by atoms with Gasteiger partial charge in [0.2, 0.25) is 10.0 Å². The largest absolute Gasteiger partial charge is 0.376 e. The smallest absolute Gasteiger partial charge is 0.255 e. The summed E-state index contributed by atoms with van der Waals surface area (Å²) in [5.74, 6) is -0.240. The van der Waals surface area contributed by atoms with E-state index in [2.05, 4.69) is 5.32 Å². The third-order valence-corrected chi connectivity index (χ3v) is 6.90. The lowest BCUT2D eigenvalue weighted by atomic mass is 9.90. The van der Waals surface area contributed by atoms with E-state index in [0.717, 1.165) is 29.3 Å². The Morgan fingerprint density at radius 3 is 2.25 bits per heavy atom. The fraction of sp³-hybridized carbons (Fsp3) is 0.381. The molecule has 0 spiro atoms. The number of nitrogens with one attached hydrogen (secondary N) is 1. The summed E-state index contributed by atoms with van der Waals surface area (Å²) < 4.78 is 26.1. The fourth-order valence-corrected chi connectivity index (χ4v) is 4.37. The quantitative estimate of drug-likeness (QED) is 0.836. The topological polar surface area (TPSA) is 69.7 Å². The summed E-state index contributed by atoms with van der Waals surface area (Å²) in [6.07, 6.45) is 4.40. The van der Waals surface area contributed by atoms with Crippen LogP contribution in [-0.2, 0) is 22.9 Å². The zero-order valence-corrected chi connectivity index (χ0v) is 17.6. The van der Waals surface area contributed by atoms with Crippen molar-refractivity contribution >= 4 is 27.3 Å². The van der Waals surface area contributed by atoms with Gasteiger partial charge in [0, 0.05) is 33.8 Å². The van der Waals surface area contributed by atoms with Crippen LogP contribution in [0.25, 0.3) is 0 Å². The third kappa shape index (κ3) is 4.05. The Morgan fingerprint density at radius 1 is 0.929 bits per heavy atom. The SMILES string of the molecule is CN(C)c1ccc(S(=O)(=O)N(C)C)cc1NC(=O)c1ccc2c(c1)CCCC2. The van der Waals surface area contributed by atoms with Crippen LogP contribution < -0.4 is 10.2 Å². The number of nitrogens with zero attached hydrogens (tertiary/aromatic N) is 2. The van der Waals surface area contributed by atoms with Gasteiger partial charge < -0.3 is 10.2 Å². The van der Waals surface area contributed by atoms with E-state index in [1.807, 2.05) is 37.2 Å². The van der Waals surface area contributed by atoms with Crippen molar-refractivity contribution in [1.29, 1.82) is 0 Å². The summed E-state index contributed by atoms with van der Waals surface area (Å²) in [5, 5.41) is 2.90. The summed E-state index contributed by atoms with van der Waals surface area (Å²) in [6, 6.07) is 10.6. The van der Waals surface area contributed by atoms with Gasteiger partial charge in [-0.25, -0.2) is 12.7 Å². The monoisotopic (exact) mass is 401 g/mol. The number of fused-ring (bicyclic) bond motifs is 1. The van der Waals surface area contributed by atoms with Gasteiger partial charge in [-0.15, -0.1) is 0 Å². The van der Waals surface area contributed by atoms with Gasteiger partial charge in [0.25, 0.3) is 5.91 Å². The first-order chi connectivity index (χ1) is 13.2. The number of amides is 1. The number of hydrogen-bond acceptors (Lipinski definition) is 4. The first kappa shape index (κ1) is 20.4. The summed E-state index contributed by atoms with van der Waals surface area (Å²) >= 11 is 0. The Morgan fingerprint density at radius 2 is 1.61 bits per heavy atom. The van der Waals surface area contributed by atoms with Crippen LogP contribution in [0.1, 0.15) is 34.3 Å². The van der Waals surface area contributed by atoms with E-state index in [4.69, 9.17) is 0 Å². The van der Waals surface area contributed by atoms with Crippen LogP contribution in [-0.4, -0.2) is 46.8 Å². The van der Waals surface area contributed by atoms with Crippen molar-refractivity contribution in [2.45, 2.75) is 30.6 Å². The van der Waals surface area contributed by atoms with Crippen LogP contribution in [0.2, 0.25) is 0 Å². The van der Waals surface area contributed by atoms with Gasteiger partial charge in [-0.2, -0.15) is 0 Å². The maximum atomic E-state index is 12.9. The molecule has 1 aliphatic rings. The molecule has 0 atom stereocenters. The predicted octanol–water partition coefficient (Wildman–Crippen LogP) is 3.13. The molecule has 0 aliphatic heterocycles. The number of benzene rings is 2. The Hall–Kier alpha value is -2.38. The van der Waals surface area contributed by atoms with E-state index in [0.29, 0.717) is 11.3 Å². The highest BCUT2D eigenvalue weighted by molar-refractivity contribution is 7.89. The van der Waals surface area contributed by atoms with Crippen molar-refractivity contribution in [3.63, 3.8) is 0 Å². The van der Waals surface area contributed by atoms with Gasteiger partial charge in [-0.1, -0.05) is 6.07 Å². The normalized spacial score (nSPS) is 13.9. The Bertz CT molecular complexity index is 998. The Balaban J connectivity index is 1.95. The second kappa shape index (κ2) is 7.93. The highest BCUT2D eigenvalue weighted by atomic mass is 32.2. The maximum Gasteiger partial charge on any atom is 0.255 e. The lowest BCUT2D eigenvalue weighted by molar-refractivity contribution is 0.102. The molecule has 0 bridgehead atoms. The molecule has 1 aliphatic carbocycles. The van der Waals surface area contributed by atoms with Gasteiger partial charge in [0.05, 0.1) is 16.3 Å². The second-order valence-electron chi connectivity index (χ2n) is 7.51. The average Bonchev–Trinajstić information content (AvgIpc) is 2.67. The molecule has 7 heteroatoms. The summed E-state index contributed by atoms with van der Waals surface area (Å²) in [4.78, 5) is 14.9. The predicted molar refractivity (Wildman–Crippen MR) is 113 cm³/mol. The van der Waals surface area contributed by atoms with Gasteiger partial charge in [-0.05, 0) is 67.1 Å². The van der Waals surface area contributed by atoms with Crippen molar-refractivity contribution in [3.8, 4) is 0 Å². The minimum absolute atomic E-state index is 0.142. The van der Waals surface area contributed by atoms with E-state index in [1.165, 1.54) is 37.7 Å². The molecular weight excluding hydrogens is 374 g/mol. The highest BCUT2D eigenvalue weighted by Crippen LogP contribution is 2.29. The average molecular weight is 402 g/mol. The van der Waals surface area contributed by atoms with Gasteiger partial charge in [-0.3, -0.25) is 4.79 Å². The van der Waals surface area contributed by atoms with Crippen molar-refractivity contribution < 1.29 is 13.2 Å². The van der Waals surface area contributed by atoms with Crippen molar-refractivity contribution in [3.05, 3.63) is 53.1 Å². The number of rotatable bonds is 5. The maximum absolute atomic E-state index is 12.9. The fourth-order valence-electron chi connectivity index (χ4n) is 3.45. The molecule has 1 amide bonds. The van der Waals surface area contributed by atoms with Crippen LogP contribution in [0, 0.1) is 0 Å². The Kier molecular flexibility index (Phi) is 5.76. The first-order valence-electron chi connectivity index (χ1n) is 9.37. The molecule has 2 aromatic carbocycles. The molecule has 0 aromatic heterocycles. The number of hydrogen-bond donors (Lipinski definition) is 1. The molecule has 0 saturated carbocycles. The van der Waals surface area contributed by atoms with E-state index in [1.54, 1.807) is 12.1 Å². The number of carbonyl (C=O) groups is 1. The minimum atomic E-state index is -3.59. The molecule has 0 unspecified atom stereocenters. The molecule has 3 rings (SSSR count). The number of aryl methyl sites for hydroxylation is 2. The molecule has 0 radical (unpaired) electrons. The first-order valence-corrected chi connectivity index (χ1v) is 10.8. The van der Waals surface area contributed by atoms with Gasteiger partial charge in [0.15, 0.2) is 0 Å². The van der Waals surface area contributed by atoms with E-state index < -0.39 is 10.0 Å². The molecular formula is C21H27N3O3S. The molecule has 6 nitrogen and oxygen atoms in total. The zero-order valence-electron chi connectivity index (χ0n) is 16.8. The van der Waals surface area contributed by atoms with Crippen LogP contribution in [0.5, 0.6) is 0 Å². The van der Waals surface area contributed by atoms with Crippen molar-refractivity contribution in [1.82, 2.24) is 4.31 Å². The van der Waals surface area contributed by atoms with Gasteiger partial charge >= 0.3 is 0 Å². The van der Waals surface area contributed by atoms with E-state index in [9.17, 15) is 13.2 Å². The summed E-state index contributed by atoms with van der Waals surface area (Å²) in [5.41, 5.74) is 4.34. The second-order valence-corrected chi connectivity index (χ2v) is 9.66. The number of sulfonamides is 1. The van der Waals surface area contributed by atoms with Crippen LogP contribution >= 0.6 is 0 Å². The lowest BCUT2D eigenvalue weighted by Gasteiger charge is -2.21. The van der Waals surface area contributed by atoms with Crippen LogP contribution in [0.15, 0.2) is 41.3 Å². The molecule has 0 saturated heterocycles. The van der Waals surface area contributed by atoms with Gasteiger partial charge in [0.1, 0.15) is 0 Å². The molecule has 1 N–H and O–H groups in total. The summed E-state index contributed by atoms with van der Waals surface area (Å²) in [7, 11) is 3.08. The standard InChI is InChI=1S/C21H27N3O3S/c1-23(2)20-12-11-18(28(26,27)24(3)4)14-19(20)22-21(25)17-10-9-15-7-5-6-8-16(15)13-17/h9-14H,5-8H2,1-4H3,(H,22,25). The molecule has 0 heterocycles. The lowest BCUT2D eigenvalue weighted by Crippen LogP contribution is -2.23. The molecule has 2 aromatic rings. The summed E-state index contributed by atoms with van der Waals surface area (Å²) in [6.45, 7) is 0. The molecule has 0 fully saturated rings. The molecule has 28 heavy (non-hydrogen) atoms. The number of carbonyl (C=O) groups excluding carboxylic acids is 1. The van der Waals surface area contributed by atoms with Crippen LogP contribution in [0.3, 0.4) is 0 Å². The van der Waals surface area contributed by atoms with Crippen LogP contribution in [0.4, 0.5) is 11.4 Å². The van der Waals surface area contributed by atoms with E-state index >= 15 is 0 Å². The minimum Gasteiger partial charge on any atom is -0.376 e. The third-order valence-electron chi connectivity index (χ3n) is 5.09. The van der Waals surface area contributed by atoms with Crippen molar-refractivity contribution in [2.75, 3.05) is 38.4 Å². The zero-order chi connectivity index (χ0) is 20.5. The van der Waals surface area contributed by atoms with E-state index in [-0.39, 0.29) is 10.8 Å².